The molecule has 0 N–H and O–H groups in total. The minimum absolute atomic E-state index is 1.04. The summed E-state index contributed by atoms with van der Waals surface area (Å²) in [6.07, 6.45) is 4.09. The summed E-state index contributed by atoms with van der Waals surface area (Å²) < 4.78 is 0. The molecule has 0 bridgehead atoms. The number of benzene rings is 1. The van der Waals surface area contributed by atoms with E-state index in [-0.39, 0.29) is 0 Å². The molecule has 2 rings (SSSR count). The average Bonchev–Trinajstić information content (AvgIpc) is 2.39. The molecule has 1 aromatic carbocycles. The van der Waals surface area contributed by atoms with Gasteiger partial charge in [0.2, 0.25) is 0 Å². The summed E-state index contributed by atoms with van der Waals surface area (Å²) in [7, 11) is 0. The molecule has 1 aromatic heterocycles. The van der Waals surface area contributed by atoms with Crippen molar-refractivity contribution in [3.8, 4) is 11.3 Å². The van der Waals surface area contributed by atoms with E-state index < -0.39 is 0 Å². The quantitative estimate of drug-likeness (QED) is 0.751. The SMILES string of the molecule is CCc1ccc(-c2ccc(CC)cn2)cc1. The number of pyridine rings is 1. The largest absolute Gasteiger partial charge is 0.256 e. The fourth-order valence-electron chi connectivity index (χ4n) is 1.72. The van der Waals surface area contributed by atoms with Crippen LogP contribution in [-0.4, -0.2) is 4.98 Å². The van der Waals surface area contributed by atoms with Gasteiger partial charge in [0.25, 0.3) is 0 Å². The van der Waals surface area contributed by atoms with Gasteiger partial charge in [0.05, 0.1) is 5.69 Å². The van der Waals surface area contributed by atoms with Crippen molar-refractivity contribution in [1.82, 2.24) is 4.98 Å². The molecular formula is C15H17N. The first-order valence-electron chi connectivity index (χ1n) is 5.87. The molecule has 1 heterocycles. The lowest BCUT2D eigenvalue weighted by Crippen LogP contribution is -1.87. The molecule has 0 aliphatic heterocycles. The minimum atomic E-state index is 1.04. The number of rotatable bonds is 3. The predicted molar refractivity (Wildman–Crippen MR) is 68.4 cm³/mol. The van der Waals surface area contributed by atoms with Crippen molar-refractivity contribution >= 4 is 0 Å². The maximum Gasteiger partial charge on any atom is 0.0702 e. The standard InChI is InChI=1S/C15H17N/c1-3-12-5-8-14(9-6-12)15-10-7-13(4-2)11-16-15/h5-11H,3-4H2,1-2H3. The van der Waals surface area contributed by atoms with Crippen LogP contribution in [0.5, 0.6) is 0 Å². The van der Waals surface area contributed by atoms with Crippen molar-refractivity contribution < 1.29 is 0 Å². The highest BCUT2D eigenvalue weighted by Crippen LogP contribution is 2.18. The number of hydrogen-bond acceptors (Lipinski definition) is 1. The molecule has 0 radical (unpaired) electrons. The average molecular weight is 211 g/mol. The Bertz CT molecular complexity index is 394. The van der Waals surface area contributed by atoms with Gasteiger partial charge < -0.3 is 0 Å². The summed E-state index contributed by atoms with van der Waals surface area (Å²) in [5, 5.41) is 0. The monoisotopic (exact) mass is 211 g/mol. The first kappa shape index (κ1) is 10.9. The third-order valence-electron chi connectivity index (χ3n) is 2.89. The second kappa shape index (κ2) is 4.93. The summed E-state index contributed by atoms with van der Waals surface area (Å²) in [5.41, 5.74) is 4.91. The second-order valence-corrected chi connectivity index (χ2v) is 3.96. The van der Waals surface area contributed by atoms with Crippen molar-refractivity contribution in [1.29, 1.82) is 0 Å². The molecule has 0 saturated carbocycles. The Balaban J connectivity index is 2.28. The zero-order valence-corrected chi connectivity index (χ0v) is 9.90. The topological polar surface area (TPSA) is 12.9 Å². The molecule has 82 valence electrons. The molecule has 0 unspecified atom stereocenters. The van der Waals surface area contributed by atoms with Crippen LogP contribution in [0.15, 0.2) is 42.6 Å². The first-order valence-corrected chi connectivity index (χ1v) is 5.87. The van der Waals surface area contributed by atoms with Gasteiger partial charge in [-0.15, -0.1) is 0 Å². The molecule has 16 heavy (non-hydrogen) atoms. The lowest BCUT2D eigenvalue weighted by atomic mass is 10.1. The van der Waals surface area contributed by atoms with Crippen LogP contribution in [0.3, 0.4) is 0 Å². The van der Waals surface area contributed by atoms with Crippen LogP contribution in [0, 0.1) is 0 Å². The molecule has 1 nitrogen and oxygen atoms in total. The Morgan fingerprint density at radius 3 is 1.94 bits per heavy atom. The highest BCUT2D eigenvalue weighted by atomic mass is 14.7. The first-order chi connectivity index (χ1) is 7.83. The van der Waals surface area contributed by atoms with Gasteiger partial charge in [0, 0.05) is 11.8 Å². The highest BCUT2D eigenvalue weighted by Gasteiger charge is 1.99. The normalized spacial score (nSPS) is 10.4. The minimum Gasteiger partial charge on any atom is -0.256 e. The summed E-state index contributed by atoms with van der Waals surface area (Å²) in [6.45, 7) is 4.32. The fourth-order valence-corrected chi connectivity index (χ4v) is 1.72. The van der Waals surface area contributed by atoms with Crippen molar-refractivity contribution in [2.45, 2.75) is 26.7 Å². The van der Waals surface area contributed by atoms with E-state index in [1.807, 2.05) is 6.20 Å². The van der Waals surface area contributed by atoms with Gasteiger partial charge in [-0.25, -0.2) is 0 Å². The molecule has 0 amide bonds. The molecular weight excluding hydrogens is 194 g/mol. The van der Waals surface area contributed by atoms with Gasteiger partial charge in [-0.3, -0.25) is 4.98 Å². The predicted octanol–water partition coefficient (Wildman–Crippen LogP) is 3.87. The molecule has 0 atom stereocenters. The Kier molecular flexibility index (Phi) is 3.35. The molecule has 0 spiro atoms. The second-order valence-electron chi connectivity index (χ2n) is 3.96. The zero-order chi connectivity index (χ0) is 11.4. The molecule has 0 saturated heterocycles. The van der Waals surface area contributed by atoms with Crippen LogP contribution in [-0.2, 0) is 12.8 Å². The van der Waals surface area contributed by atoms with E-state index >= 15 is 0 Å². The van der Waals surface area contributed by atoms with Gasteiger partial charge in [-0.2, -0.15) is 0 Å². The molecule has 0 aliphatic carbocycles. The van der Waals surface area contributed by atoms with E-state index in [0.29, 0.717) is 0 Å². The Morgan fingerprint density at radius 2 is 1.44 bits per heavy atom. The van der Waals surface area contributed by atoms with Crippen LogP contribution in [0.25, 0.3) is 11.3 Å². The maximum absolute atomic E-state index is 4.48. The summed E-state index contributed by atoms with van der Waals surface area (Å²) in [4.78, 5) is 4.48. The van der Waals surface area contributed by atoms with Crippen LogP contribution >= 0.6 is 0 Å². The van der Waals surface area contributed by atoms with Crippen molar-refractivity contribution in [3.05, 3.63) is 53.7 Å². The van der Waals surface area contributed by atoms with Crippen LogP contribution in [0.2, 0.25) is 0 Å². The molecule has 1 heteroatoms. The van der Waals surface area contributed by atoms with Gasteiger partial charge in [-0.1, -0.05) is 44.2 Å². The van der Waals surface area contributed by atoms with Crippen molar-refractivity contribution in [2.24, 2.45) is 0 Å². The highest BCUT2D eigenvalue weighted by molar-refractivity contribution is 5.59. The Morgan fingerprint density at radius 1 is 0.812 bits per heavy atom. The number of hydrogen-bond donors (Lipinski definition) is 0. The van der Waals surface area contributed by atoms with Crippen molar-refractivity contribution in [3.63, 3.8) is 0 Å². The molecule has 0 fully saturated rings. The number of aromatic nitrogens is 1. The van der Waals surface area contributed by atoms with Crippen molar-refractivity contribution in [2.75, 3.05) is 0 Å². The zero-order valence-electron chi connectivity index (χ0n) is 9.90. The van der Waals surface area contributed by atoms with Gasteiger partial charge >= 0.3 is 0 Å². The van der Waals surface area contributed by atoms with E-state index in [1.165, 1.54) is 16.7 Å². The maximum atomic E-state index is 4.48. The number of aryl methyl sites for hydroxylation is 2. The lowest BCUT2D eigenvalue weighted by molar-refractivity contribution is 1.10. The van der Waals surface area contributed by atoms with E-state index in [9.17, 15) is 0 Å². The van der Waals surface area contributed by atoms with Gasteiger partial charge in [-0.05, 0) is 30.0 Å². The third kappa shape index (κ3) is 2.30. The van der Waals surface area contributed by atoms with Gasteiger partial charge in [0.15, 0.2) is 0 Å². The lowest BCUT2D eigenvalue weighted by Gasteiger charge is -2.03. The smallest absolute Gasteiger partial charge is 0.0702 e. The summed E-state index contributed by atoms with van der Waals surface area (Å²) in [6, 6.07) is 12.9. The van der Waals surface area contributed by atoms with E-state index in [2.05, 4.69) is 55.2 Å². The Labute approximate surface area is 97.2 Å². The third-order valence-corrected chi connectivity index (χ3v) is 2.89. The van der Waals surface area contributed by atoms with E-state index in [0.717, 1.165) is 18.5 Å². The van der Waals surface area contributed by atoms with Crippen LogP contribution in [0.4, 0.5) is 0 Å². The fraction of sp³-hybridized carbons (Fsp3) is 0.267. The van der Waals surface area contributed by atoms with Crippen LogP contribution in [0.1, 0.15) is 25.0 Å². The summed E-state index contributed by atoms with van der Waals surface area (Å²) in [5.74, 6) is 0. The molecule has 0 aliphatic rings. The van der Waals surface area contributed by atoms with E-state index in [4.69, 9.17) is 0 Å². The Hall–Kier alpha value is -1.63. The van der Waals surface area contributed by atoms with E-state index in [1.54, 1.807) is 0 Å². The summed E-state index contributed by atoms with van der Waals surface area (Å²) >= 11 is 0. The molecule has 2 aromatic rings. The van der Waals surface area contributed by atoms with Gasteiger partial charge in [0.1, 0.15) is 0 Å². The van der Waals surface area contributed by atoms with Crippen LogP contribution < -0.4 is 0 Å². The number of nitrogens with zero attached hydrogens (tertiary/aromatic N) is 1.